The number of hydrogen-bond donors (Lipinski definition) is 0. The highest BCUT2D eigenvalue weighted by atomic mass is 32.1. The van der Waals surface area contributed by atoms with Crippen LogP contribution in [0.5, 0.6) is 0 Å². The van der Waals surface area contributed by atoms with Crippen LogP contribution in [0.1, 0.15) is 89.5 Å². The first kappa shape index (κ1) is 18.2. The molecule has 2 fully saturated rings. The van der Waals surface area contributed by atoms with Gasteiger partial charge in [0, 0.05) is 0 Å². The second-order valence-corrected chi connectivity index (χ2v) is 10.8. The van der Waals surface area contributed by atoms with Crippen LogP contribution < -0.4 is 0 Å². The Balaban J connectivity index is 1.70. The van der Waals surface area contributed by atoms with E-state index in [9.17, 15) is 0 Å². The molecule has 1 aromatic carbocycles. The van der Waals surface area contributed by atoms with Crippen molar-refractivity contribution in [2.45, 2.75) is 89.9 Å². The van der Waals surface area contributed by atoms with Crippen molar-refractivity contribution in [3.05, 3.63) is 40.5 Å². The number of thiazole rings is 1. The van der Waals surface area contributed by atoms with Crippen molar-refractivity contribution in [1.29, 1.82) is 0 Å². The van der Waals surface area contributed by atoms with E-state index in [-0.39, 0.29) is 5.41 Å². The Kier molecular flexibility index (Phi) is 4.75. The normalized spacial score (nSPS) is 20.3. The van der Waals surface area contributed by atoms with Crippen LogP contribution in [0.2, 0.25) is 0 Å². The van der Waals surface area contributed by atoms with Gasteiger partial charge < -0.3 is 0 Å². The molecule has 0 saturated heterocycles. The molecule has 2 aliphatic rings. The maximum Gasteiger partial charge on any atom is 0.0801 e. The predicted molar refractivity (Wildman–Crippen MR) is 113 cm³/mol. The summed E-state index contributed by atoms with van der Waals surface area (Å²) in [6.45, 7) is 9.43. The third-order valence-corrected chi connectivity index (χ3v) is 7.52. The van der Waals surface area contributed by atoms with Gasteiger partial charge in [0.2, 0.25) is 0 Å². The number of rotatable bonds is 4. The van der Waals surface area contributed by atoms with Gasteiger partial charge in [0.05, 0.1) is 16.1 Å². The summed E-state index contributed by atoms with van der Waals surface area (Å²) < 4.78 is 0. The molecular formula is C24H33NS. The quantitative estimate of drug-likeness (QED) is 0.553. The Labute approximate surface area is 163 Å². The molecule has 2 saturated carbocycles. The van der Waals surface area contributed by atoms with Crippen LogP contribution >= 0.6 is 11.3 Å². The standard InChI is InChI=1S/C24H33NS/c1-23(2,3)19-13-18(14-20(15-19)24(4)10-11-24)22-21(25-16-26-22)12-17-8-6-5-7-9-17/h13-17H,5-12H2,1-4H3. The molecule has 1 heterocycles. The molecule has 0 aliphatic heterocycles. The molecule has 140 valence electrons. The highest BCUT2D eigenvalue weighted by molar-refractivity contribution is 7.13. The first-order chi connectivity index (χ1) is 12.4. The highest BCUT2D eigenvalue weighted by Crippen LogP contribution is 2.49. The number of benzene rings is 1. The Morgan fingerprint density at radius 1 is 1.08 bits per heavy atom. The molecule has 1 nitrogen and oxygen atoms in total. The van der Waals surface area contributed by atoms with Gasteiger partial charge in [-0.15, -0.1) is 11.3 Å². The van der Waals surface area contributed by atoms with E-state index < -0.39 is 0 Å². The van der Waals surface area contributed by atoms with Crippen LogP contribution in [0.15, 0.2) is 23.7 Å². The minimum absolute atomic E-state index is 0.185. The van der Waals surface area contributed by atoms with Crippen LogP contribution in [-0.4, -0.2) is 4.98 Å². The molecule has 26 heavy (non-hydrogen) atoms. The van der Waals surface area contributed by atoms with Crippen LogP contribution in [0.4, 0.5) is 0 Å². The molecule has 0 bridgehead atoms. The summed E-state index contributed by atoms with van der Waals surface area (Å²) in [5.74, 6) is 0.843. The molecule has 0 amide bonds. The molecular weight excluding hydrogens is 334 g/mol. The summed E-state index contributed by atoms with van der Waals surface area (Å²) in [6.07, 6.45) is 10.9. The first-order valence-electron chi connectivity index (χ1n) is 10.4. The van der Waals surface area contributed by atoms with E-state index in [0.717, 1.165) is 5.92 Å². The average Bonchev–Trinajstić information content (AvgIpc) is 3.20. The Morgan fingerprint density at radius 2 is 1.81 bits per heavy atom. The Hall–Kier alpha value is -1.15. The van der Waals surface area contributed by atoms with Crippen molar-refractivity contribution >= 4 is 11.3 Å². The van der Waals surface area contributed by atoms with Gasteiger partial charge in [-0.1, -0.05) is 65.9 Å². The van der Waals surface area contributed by atoms with Crippen molar-refractivity contribution < 1.29 is 0 Å². The molecule has 0 N–H and O–H groups in total. The predicted octanol–water partition coefficient (Wildman–Crippen LogP) is 7.28. The van der Waals surface area contributed by atoms with Crippen molar-refractivity contribution in [3.63, 3.8) is 0 Å². The van der Waals surface area contributed by atoms with E-state index >= 15 is 0 Å². The fourth-order valence-corrected chi connectivity index (χ4v) is 5.14. The number of hydrogen-bond acceptors (Lipinski definition) is 2. The van der Waals surface area contributed by atoms with Crippen LogP contribution in [0.25, 0.3) is 10.4 Å². The number of nitrogens with zero attached hydrogens (tertiary/aromatic N) is 1. The SMILES string of the molecule is CC(C)(C)c1cc(-c2scnc2CC2CCCCC2)cc(C2(C)CC2)c1. The minimum Gasteiger partial charge on any atom is -0.249 e. The lowest BCUT2D eigenvalue weighted by Gasteiger charge is -2.24. The molecule has 2 heteroatoms. The molecule has 2 aromatic rings. The Bertz CT molecular complexity index is 746. The maximum absolute atomic E-state index is 4.80. The topological polar surface area (TPSA) is 12.9 Å². The maximum atomic E-state index is 4.80. The van der Waals surface area contributed by atoms with Gasteiger partial charge in [-0.05, 0) is 64.8 Å². The van der Waals surface area contributed by atoms with Gasteiger partial charge in [-0.25, -0.2) is 4.98 Å². The zero-order chi connectivity index (χ0) is 18.4. The molecule has 1 aromatic heterocycles. The van der Waals surface area contributed by atoms with Gasteiger partial charge in [0.25, 0.3) is 0 Å². The second-order valence-electron chi connectivity index (χ2n) is 9.95. The molecule has 2 aliphatic carbocycles. The van der Waals surface area contributed by atoms with E-state index in [4.69, 9.17) is 4.98 Å². The lowest BCUT2D eigenvalue weighted by Crippen LogP contribution is -2.13. The molecule has 0 atom stereocenters. The summed E-state index contributed by atoms with van der Waals surface area (Å²) >= 11 is 1.84. The largest absolute Gasteiger partial charge is 0.249 e. The zero-order valence-corrected chi connectivity index (χ0v) is 17.7. The summed E-state index contributed by atoms with van der Waals surface area (Å²) in [5, 5.41) is 0. The van der Waals surface area contributed by atoms with Crippen molar-refractivity contribution in [2.24, 2.45) is 5.92 Å². The van der Waals surface area contributed by atoms with Gasteiger partial charge in [0.15, 0.2) is 0 Å². The lowest BCUT2D eigenvalue weighted by atomic mass is 9.82. The lowest BCUT2D eigenvalue weighted by molar-refractivity contribution is 0.355. The number of aromatic nitrogens is 1. The van der Waals surface area contributed by atoms with Gasteiger partial charge in [-0.3, -0.25) is 0 Å². The summed E-state index contributed by atoms with van der Waals surface area (Å²) in [6, 6.07) is 7.38. The van der Waals surface area contributed by atoms with Gasteiger partial charge >= 0.3 is 0 Å². The molecule has 0 radical (unpaired) electrons. The third-order valence-electron chi connectivity index (χ3n) is 6.61. The highest BCUT2D eigenvalue weighted by Gasteiger charge is 2.39. The summed E-state index contributed by atoms with van der Waals surface area (Å²) in [4.78, 5) is 6.23. The van der Waals surface area contributed by atoms with E-state index in [1.54, 1.807) is 0 Å². The van der Waals surface area contributed by atoms with Crippen LogP contribution in [0.3, 0.4) is 0 Å². The monoisotopic (exact) mass is 367 g/mol. The van der Waals surface area contributed by atoms with Crippen molar-refractivity contribution in [2.75, 3.05) is 0 Å². The average molecular weight is 368 g/mol. The molecule has 4 rings (SSSR count). The van der Waals surface area contributed by atoms with E-state index in [0.29, 0.717) is 5.41 Å². The smallest absolute Gasteiger partial charge is 0.0801 e. The molecule has 0 spiro atoms. The van der Waals surface area contributed by atoms with Crippen LogP contribution in [0, 0.1) is 5.92 Å². The van der Waals surface area contributed by atoms with Gasteiger partial charge in [0.1, 0.15) is 0 Å². The van der Waals surface area contributed by atoms with Crippen molar-refractivity contribution in [3.8, 4) is 10.4 Å². The zero-order valence-electron chi connectivity index (χ0n) is 16.9. The fourth-order valence-electron chi connectivity index (χ4n) is 4.33. The van der Waals surface area contributed by atoms with Crippen molar-refractivity contribution in [1.82, 2.24) is 4.98 Å². The van der Waals surface area contributed by atoms with E-state index in [1.165, 1.54) is 78.6 Å². The van der Waals surface area contributed by atoms with E-state index in [2.05, 4.69) is 51.4 Å². The second kappa shape index (κ2) is 6.78. The summed E-state index contributed by atoms with van der Waals surface area (Å²) in [7, 11) is 0. The Morgan fingerprint density at radius 3 is 2.46 bits per heavy atom. The first-order valence-corrected chi connectivity index (χ1v) is 11.3. The van der Waals surface area contributed by atoms with E-state index in [1.807, 2.05) is 11.3 Å². The van der Waals surface area contributed by atoms with Crippen LogP contribution in [-0.2, 0) is 17.3 Å². The molecule has 0 unspecified atom stereocenters. The third kappa shape index (κ3) is 3.76. The fraction of sp³-hybridized carbons (Fsp3) is 0.625. The van der Waals surface area contributed by atoms with Gasteiger partial charge in [-0.2, -0.15) is 0 Å². The minimum atomic E-state index is 0.185. The summed E-state index contributed by atoms with van der Waals surface area (Å²) in [5.41, 5.74) is 8.42.